The minimum Gasteiger partial charge on any atom is -0.447 e. The molecule has 0 aromatic rings. The van der Waals surface area contributed by atoms with Crippen molar-refractivity contribution in [1.82, 2.24) is 26.8 Å². The van der Waals surface area contributed by atoms with Crippen LogP contribution in [0.5, 0.6) is 0 Å². The molecule has 0 spiro atoms. The van der Waals surface area contributed by atoms with Crippen molar-refractivity contribution in [2.75, 3.05) is 60.8 Å². The molecule has 0 heterocycles. The maximum Gasteiger partial charge on any atom is 0.407 e. The van der Waals surface area contributed by atoms with Crippen molar-refractivity contribution in [2.24, 2.45) is 0 Å². The maximum absolute atomic E-state index is 12.5. The molecule has 0 rings (SSSR count). The van der Waals surface area contributed by atoms with Crippen LogP contribution in [-0.2, 0) is 28.5 Å². The molecular formula is C19H37N5O8. The SMILES string of the molecule is CNNC(=O)CCCNC(=O)C(CCCCNC(=O)OCCOC)NC(=O)OCCOC. The Bertz CT molecular complexity index is 550. The van der Waals surface area contributed by atoms with Gasteiger partial charge in [0.25, 0.3) is 0 Å². The summed E-state index contributed by atoms with van der Waals surface area (Å²) in [7, 11) is 4.58. The summed E-state index contributed by atoms with van der Waals surface area (Å²) in [6.45, 7) is 1.42. The van der Waals surface area contributed by atoms with E-state index in [1.807, 2.05) is 0 Å². The lowest BCUT2D eigenvalue weighted by Gasteiger charge is -2.18. The Morgan fingerprint density at radius 2 is 1.41 bits per heavy atom. The van der Waals surface area contributed by atoms with Gasteiger partial charge < -0.3 is 34.9 Å². The third-order valence-corrected chi connectivity index (χ3v) is 3.98. The fourth-order valence-electron chi connectivity index (χ4n) is 2.39. The molecule has 0 radical (unpaired) electrons. The van der Waals surface area contributed by atoms with Gasteiger partial charge in [-0.25, -0.2) is 15.0 Å². The van der Waals surface area contributed by atoms with E-state index in [0.717, 1.165) is 0 Å². The van der Waals surface area contributed by atoms with E-state index in [9.17, 15) is 19.2 Å². The Labute approximate surface area is 188 Å². The maximum atomic E-state index is 12.5. The van der Waals surface area contributed by atoms with Crippen LogP contribution < -0.4 is 26.8 Å². The molecule has 13 heteroatoms. The van der Waals surface area contributed by atoms with Gasteiger partial charge in [-0.15, -0.1) is 0 Å². The number of unbranched alkanes of at least 4 members (excludes halogenated alkanes) is 1. The first-order valence-electron chi connectivity index (χ1n) is 10.5. The van der Waals surface area contributed by atoms with E-state index in [4.69, 9.17) is 18.9 Å². The second-order valence-electron chi connectivity index (χ2n) is 6.57. The zero-order valence-electron chi connectivity index (χ0n) is 19.1. The van der Waals surface area contributed by atoms with Crippen LogP contribution in [-0.4, -0.2) is 90.8 Å². The van der Waals surface area contributed by atoms with E-state index < -0.39 is 18.2 Å². The average Bonchev–Trinajstić information content (AvgIpc) is 2.76. The van der Waals surface area contributed by atoms with Crippen molar-refractivity contribution in [2.45, 2.75) is 38.1 Å². The number of nitrogens with one attached hydrogen (secondary N) is 5. The predicted molar refractivity (Wildman–Crippen MR) is 115 cm³/mol. The van der Waals surface area contributed by atoms with Gasteiger partial charge in [0.2, 0.25) is 11.8 Å². The number of alkyl carbamates (subject to hydrolysis) is 2. The predicted octanol–water partition coefficient (Wildman–Crippen LogP) is -0.582. The lowest BCUT2D eigenvalue weighted by atomic mass is 10.1. The van der Waals surface area contributed by atoms with Crippen LogP contribution in [0.25, 0.3) is 0 Å². The van der Waals surface area contributed by atoms with Gasteiger partial charge in [0.1, 0.15) is 19.3 Å². The van der Waals surface area contributed by atoms with Crippen LogP contribution in [0.1, 0.15) is 32.1 Å². The molecule has 0 bridgehead atoms. The standard InChI is InChI=1S/C19H37N5O8/c1-20-24-16(25)8-6-10-21-17(26)15(23-19(28)32-14-12-30-3)7-4-5-9-22-18(27)31-13-11-29-2/h15,20H,4-14H2,1-3H3,(H,21,26)(H,22,27)(H,23,28)(H,24,25). The minimum atomic E-state index is -0.815. The monoisotopic (exact) mass is 463 g/mol. The van der Waals surface area contributed by atoms with Crippen LogP contribution in [0.4, 0.5) is 9.59 Å². The number of hydrogen-bond acceptors (Lipinski definition) is 9. The van der Waals surface area contributed by atoms with E-state index in [0.29, 0.717) is 38.8 Å². The summed E-state index contributed by atoms with van der Waals surface area (Å²) in [5, 5.41) is 7.84. The van der Waals surface area contributed by atoms with Gasteiger partial charge >= 0.3 is 12.2 Å². The first-order chi connectivity index (χ1) is 15.4. The Balaban J connectivity index is 4.38. The topological polar surface area (TPSA) is 165 Å². The van der Waals surface area contributed by atoms with Crippen LogP contribution in [0.3, 0.4) is 0 Å². The lowest BCUT2D eigenvalue weighted by Crippen LogP contribution is -2.47. The van der Waals surface area contributed by atoms with Crippen LogP contribution in [0, 0.1) is 0 Å². The van der Waals surface area contributed by atoms with E-state index in [-0.39, 0.29) is 44.6 Å². The highest BCUT2D eigenvalue weighted by molar-refractivity contribution is 5.85. The molecule has 0 saturated heterocycles. The number of hydrazine groups is 1. The highest BCUT2D eigenvalue weighted by atomic mass is 16.6. The summed E-state index contributed by atoms with van der Waals surface area (Å²) in [4.78, 5) is 47.3. The van der Waals surface area contributed by atoms with Crippen molar-refractivity contribution in [3.8, 4) is 0 Å². The Morgan fingerprint density at radius 1 is 0.781 bits per heavy atom. The molecule has 186 valence electrons. The third-order valence-electron chi connectivity index (χ3n) is 3.98. The quantitative estimate of drug-likeness (QED) is 0.132. The van der Waals surface area contributed by atoms with Crippen molar-refractivity contribution in [3.05, 3.63) is 0 Å². The first-order valence-corrected chi connectivity index (χ1v) is 10.5. The molecule has 0 aromatic heterocycles. The first kappa shape index (κ1) is 29.4. The number of hydrogen-bond donors (Lipinski definition) is 5. The normalized spacial score (nSPS) is 11.2. The van der Waals surface area contributed by atoms with Crippen LogP contribution >= 0.6 is 0 Å². The summed E-state index contributed by atoms with van der Waals surface area (Å²) in [6, 6.07) is -0.815. The molecule has 0 aliphatic heterocycles. The van der Waals surface area contributed by atoms with Crippen molar-refractivity contribution < 1.29 is 38.1 Å². The number of amides is 4. The fourth-order valence-corrected chi connectivity index (χ4v) is 2.39. The summed E-state index contributed by atoms with van der Waals surface area (Å²) in [5.41, 5.74) is 4.97. The molecule has 1 atom stereocenters. The molecule has 0 fully saturated rings. The fraction of sp³-hybridized carbons (Fsp3) is 0.789. The molecule has 4 amide bonds. The second kappa shape index (κ2) is 20.3. The molecule has 13 nitrogen and oxygen atoms in total. The highest BCUT2D eigenvalue weighted by Crippen LogP contribution is 2.03. The third kappa shape index (κ3) is 17.1. The molecule has 0 saturated carbocycles. The number of ether oxygens (including phenoxy) is 4. The molecular weight excluding hydrogens is 426 g/mol. The molecule has 0 aliphatic rings. The van der Waals surface area contributed by atoms with Crippen LogP contribution in [0.15, 0.2) is 0 Å². The van der Waals surface area contributed by atoms with E-state index in [1.165, 1.54) is 14.2 Å². The number of rotatable bonds is 18. The summed E-state index contributed by atoms with van der Waals surface area (Å²) >= 11 is 0. The minimum absolute atomic E-state index is 0.0619. The van der Waals surface area contributed by atoms with E-state index >= 15 is 0 Å². The van der Waals surface area contributed by atoms with Gasteiger partial charge in [-0.05, 0) is 25.7 Å². The second-order valence-corrected chi connectivity index (χ2v) is 6.57. The molecule has 5 N–H and O–H groups in total. The zero-order valence-corrected chi connectivity index (χ0v) is 19.1. The Hall–Kier alpha value is -2.64. The van der Waals surface area contributed by atoms with Crippen LogP contribution in [0.2, 0.25) is 0 Å². The van der Waals surface area contributed by atoms with Gasteiger partial charge in [0, 0.05) is 40.8 Å². The Kier molecular flexibility index (Phi) is 18.6. The van der Waals surface area contributed by atoms with Gasteiger partial charge in [-0.1, -0.05) is 0 Å². The molecule has 1 unspecified atom stereocenters. The van der Waals surface area contributed by atoms with Gasteiger partial charge in [0.05, 0.1) is 13.2 Å². The van der Waals surface area contributed by atoms with Crippen molar-refractivity contribution >= 4 is 24.0 Å². The average molecular weight is 464 g/mol. The van der Waals surface area contributed by atoms with Gasteiger partial charge in [-0.2, -0.15) is 0 Å². The van der Waals surface area contributed by atoms with E-state index in [1.54, 1.807) is 7.05 Å². The highest BCUT2D eigenvalue weighted by Gasteiger charge is 2.21. The Morgan fingerprint density at radius 3 is 2.03 bits per heavy atom. The molecule has 0 aromatic carbocycles. The van der Waals surface area contributed by atoms with E-state index in [2.05, 4.69) is 26.8 Å². The van der Waals surface area contributed by atoms with Crippen molar-refractivity contribution in [1.29, 1.82) is 0 Å². The van der Waals surface area contributed by atoms with Crippen molar-refractivity contribution in [3.63, 3.8) is 0 Å². The summed E-state index contributed by atoms with van der Waals surface area (Å²) < 4.78 is 19.4. The number of methoxy groups -OCH3 is 2. The summed E-state index contributed by atoms with van der Waals surface area (Å²) in [5.74, 6) is -0.568. The lowest BCUT2D eigenvalue weighted by molar-refractivity contribution is -0.124. The smallest absolute Gasteiger partial charge is 0.407 e. The van der Waals surface area contributed by atoms with Gasteiger partial charge in [0.15, 0.2) is 0 Å². The number of carbonyl (C=O) groups excluding carboxylic acids is 4. The largest absolute Gasteiger partial charge is 0.447 e. The molecule has 32 heavy (non-hydrogen) atoms. The zero-order chi connectivity index (χ0) is 24.0. The molecule has 0 aliphatic carbocycles. The van der Waals surface area contributed by atoms with Gasteiger partial charge in [-0.3, -0.25) is 15.0 Å². The summed E-state index contributed by atoms with van der Waals surface area (Å²) in [6.07, 6.45) is 0.886. The number of carbonyl (C=O) groups is 4.